The molecule has 128 valence electrons. The number of carbonyl (C=O) groups is 1. The van der Waals surface area contributed by atoms with Crippen LogP contribution in [-0.4, -0.2) is 43.1 Å². The number of hydrogen-bond acceptors (Lipinski definition) is 5. The summed E-state index contributed by atoms with van der Waals surface area (Å²) in [7, 11) is 0. The van der Waals surface area contributed by atoms with Crippen LogP contribution in [0.1, 0.15) is 29.2 Å². The van der Waals surface area contributed by atoms with Crippen molar-refractivity contribution >= 4 is 17.1 Å². The number of hydrogen-bond donors (Lipinski definition) is 3. The number of rotatable bonds is 5. The van der Waals surface area contributed by atoms with E-state index in [1.165, 1.54) is 0 Å². The Morgan fingerprint density at radius 3 is 2.80 bits per heavy atom. The standard InChI is InChI=1S/C18H19N5O2/c24-13-8-11(9-13)15(10-12-4-1-2-6-19-12)22-18(25)17-21-14-5-3-7-20-16(14)23-17/h1-7,11,13,15,24H,8-10H2,(H,22,25)(H,20,21,23)/t11?,13?,15-/m0/s1. The van der Waals surface area contributed by atoms with Crippen molar-refractivity contribution in [3.05, 3.63) is 54.2 Å². The number of amides is 1. The van der Waals surface area contributed by atoms with Gasteiger partial charge in [-0.3, -0.25) is 9.78 Å². The Balaban J connectivity index is 1.51. The minimum atomic E-state index is -0.275. The first-order chi connectivity index (χ1) is 12.2. The monoisotopic (exact) mass is 337 g/mol. The van der Waals surface area contributed by atoms with Gasteiger partial charge in [-0.15, -0.1) is 0 Å². The van der Waals surface area contributed by atoms with E-state index < -0.39 is 0 Å². The maximum absolute atomic E-state index is 12.6. The van der Waals surface area contributed by atoms with E-state index in [9.17, 15) is 9.90 Å². The molecule has 1 aliphatic rings. The first kappa shape index (κ1) is 15.7. The SMILES string of the molecule is O=C(N[C@@H](Cc1ccccn1)C1CC(O)C1)c1nc2ncccc2[nH]1. The number of fused-ring (bicyclic) bond motifs is 1. The van der Waals surface area contributed by atoms with Crippen molar-refractivity contribution in [1.29, 1.82) is 0 Å². The van der Waals surface area contributed by atoms with Crippen LogP contribution in [0.2, 0.25) is 0 Å². The number of nitrogens with zero attached hydrogens (tertiary/aromatic N) is 3. The number of pyridine rings is 2. The average Bonchev–Trinajstić information content (AvgIpc) is 3.04. The van der Waals surface area contributed by atoms with E-state index >= 15 is 0 Å². The average molecular weight is 337 g/mol. The molecular weight excluding hydrogens is 318 g/mol. The van der Waals surface area contributed by atoms with E-state index in [1.54, 1.807) is 18.5 Å². The highest BCUT2D eigenvalue weighted by molar-refractivity contribution is 5.93. The maximum Gasteiger partial charge on any atom is 0.287 e. The minimum Gasteiger partial charge on any atom is -0.393 e. The predicted molar refractivity (Wildman–Crippen MR) is 91.8 cm³/mol. The van der Waals surface area contributed by atoms with Crippen molar-refractivity contribution in [3.8, 4) is 0 Å². The molecule has 0 bridgehead atoms. The van der Waals surface area contributed by atoms with Crippen LogP contribution < -0.4 is 5.32 Å². The first-order valence-corrected chi connectivity index (χ1v) is 8.38. The highest BCUT2D eigenvalue weighted by Crippen LogP contribution is 2.31. The van der Waals surface area contributed by atoms with Crippen LogP contribution in [-0.2, 0) is 6.42 Å². The molecule has 0 saturated heterocycles. The molecule has 0 aliphatic heterocycles. The number of aromatic nitrogens is 4. The number of H-pyrrole nitrogens is 1. The van der Waals surface area contributed by atoms with Crippen molar-refractivity contribution < 1.29 is 9.90 Å². The molecule has 7 heteroatoms. The number of carbonyl (C=O) groups excluding carboxylic acids is 1. The molecule has 1 atom stereocenters. The lowest BCUT2D eigenvalue weighted by atomic mass is 9.76. The molecule has 3 N–H and O–H groups in total. The van der Waals surface area contributed by atoms with Gasteiger partial charge in [0.05, 0.1) is 11.6 Å². The summed E-state index contributed by atoms with van der Waals surface area (Å²) in [5.41, 5.74) is 2.17. The zero-order valence-electron chi connectivity index (χ0n) is 13.6. The zero-order valence-corrected chi connectivity index (χ0v) is 13.6. The molecule has 1 aliphatic carbocycles. The molecule has 0 radical (unpaired) electrons. The number of imidazole rings is 1. The summed E-state index contributed by atoms with van der Waals surface area (Å²) >= 11 is 0. The molecule has 7 nitrogen and oxygen atoms in total. The van der Waals surface area contributed by atoms with E-state index in [4.69, 9.17) is 0 Å². The molecule has 0 spiro atoms. The Morgan fingerprint density at radius 1 is 1.24 bits per heavy atom. The van der Waals surface area contributed by atoms with Crippen LogP contribution in [0.5, 0.6) is 0 Å². The van der Waals surface area contributed by atoms with Gasteiger partial charge in [0.1, 0.15) is 0 Å². The van der Waals surface area contributed by atoms with Gasteiger partial charge in [0, 0.05) is 30.6 Å². The molecule has 3 aromatic rings. The lowest BCUT2D eigenvalue weighted by Gasteiger charge is -2.37. The lowest BCUT2D eigenvalue weighted by molar-refractivity contribution is 0.0237. The molecular formula is C18H19N5O2. The third-order valence-electron chi connectivity index (χ3n) is 4.66. The number of aliphatic hydroxyl groups is 1. The molecule has 3 aromatic heterocycles. The molecule has 0 unspecified atom stereocenters. The highest BCUT2D eigenvalue weighted by Gasteiger charge is 2.35. The van der Waals surface area contributed by atoms with Crippen molar-refractivity contribution in [1.82, 2.24) is 25.3 Å². The quantitative estimate of drug-likeness (QED) is 0.654. The topological polar surface area (TPSA) is 104 Å². The third-order valence-corrected chi connectivity index (χ3v) is 4.66. The summed E-state index contributed by atoms with van der Waals surface area (Å²) in [6.07, 6.45) is 5.13. The van der Waals surface area contributed by atoms with Gasteiger partial charge < -0.3 is 15.4 Å². The number of aromatic amines is 1. The third kappa shape index (κ3) is 3.36. The zero-order chi connectivity index (χ0) is 17.2. The van der Waals surface area contributed by atoms with Crippen LogP contribution in [0, 0.1) is 5.92 Å². The smallest absolute Gasteiger partial charge is 0.287 e. The largest absolute Gasteiger partial charge is 0.393 e. The predicted octanol–water partition coefficient (Wildman–Crippen LogP) is 1.46. The van der Waals surface area contributed by atoms with Gasteiger partial charge in [0.15, 0.2) is 11.5 Å². The minimum absolute atomic E-state index is 0.0908. The van der Waals surface area contributed by atoms with Crippen LogP contribution >= 0.6 is 0 Å². The van der Waals surface area contributed by atoms with Gasteiger partial charge >= 0.3 is 0 Å². The molecule has 4 rings (SSSR count). The van der Waals surface area contributed by atoms with Crippen LogP contribution in [0.25, 0.3) is 11.2 Å². The van der Waals surface area contributed by atoms with Gasteiger partial charge in [0.2, 0.25) is 0 Å². The van der Waals surface area contributed by atoms with E-state index in [0.29, 0.717) is 24.9 Å². The van der Waals surface area contributed by atoms with Gasteiger partial charge in [-0.25, -0.2) is 9.97 Å². The molecule has 1 fully saturated rings. The second-order valence-electron chi connectivity index (χ2n) is 6.45. The summed E-state index contributed by atoms with van der Waals surface area (Å²) < 4.78 is 0. The van der Waals surface area contributed by atoms with Gasteiger partial charge in [0.25, 0.3) is 5.91 Å². The van der Waals surface area contributed by atoms with Gasteiger partial charge in [-0.05, 0) is 43.0 Å². The molecule has 1 amide bonds. The lowest BCUT2D eigenvalue weighted by Crippen LogP contribution is -2.48. The van der Waals surface area contributed by atoms with Crippen molar-refractivity contribution in [2.45, 2.75) is 31.4 Å². The second kappa shape index (κ2) is 6.60. The van der Waals surface area contributed by atoms with Crippen molar-refractivity contribution in [2.24, 2.45) is 5.92 Å². The van der Waals surface area contributed by atoms with Crippen LogP contribution in [0.15, 0.2) is 42.7 Å². The maximum atomic E-state index is 12.6. The molecule has 0 aromatic carbocycles. The first-order valence-electron chi connectivity index (χ1n) is 8.38. The fraction of sp³-hybridized carbons (Fsp3) is 0.333. The van der Waals surface area contributed by atoms with Gasteiger partial charge in [-0.2, -0.15) is 0 Å². The Bertz CT molecular complexity index is 840. The number of aliphatic hydroxyl groups excluding tert-OH is 1. The number of nitrogens with one attached hydrogen (secondary N) is 2. The molecule has 3 heterocycles. The van der Waals surface area contributed by atoms with Crippen molar-refractivity contribution in [2.75, 3.05) is 0 Å². The molecule has 1 saturated carbocycles. The summed E-state index contributed by atoms with van der Waals surface area (Å²) in [5.74, 6) is 0.225. The summed E-state index contributed by atoms with van der Waals surface area (Å²) in [4.78, 5) is 28.4. The fourth-order valence-electron chi connectivity index (χ4n) is 3.23. The highest BCUT2D eigenvalue weighted by atomic mass is 16.3. The summed E-state index contributed by atoms with van der Waals surface area (Å²) in [6.45, 7) is 0. The Hall–Kier alpha value is -2.80. The normalized spacial score (nSPS) is 20.8. The van der Waals surface area contributed by atoms with E-state index in [2.05, 4.69) is 25.3 Å². The van der Waals surface area contributed by atoms with Crippen molar-refractivity contribution in [3.63, 3.8) is 0 Å². The van der Waals surface area contributed by atoms with Crippen LogP contribution in [0.3, 0.4) is 0 Å². The summed E-state index contributed by atoms with van der Waals surface area (Å²) in [5, 5.41) is 12.7. The van der Waals surface area contributed by atoms with E-state index in [-0.39, 0.29) is 29.8 Å². The Labute approximate surface area is 144 Å². The summed E-state index contributed by atoms with van der Waals surface area (Å²) in [6, 6.07) is 9.28. The van der Waals surface area contributed by atoms with E-state index in [1.807, 2.05) is 24.3 Å². The second-order valence-corrected chi connectivity index (χ2v) is 6.45. The Kier molecular flexibility index (Phi) is 4.15. The van der Waals surface area contributed by atoms with E-state index in [0.717, 1.165) is 11.2 Å². The fourth-order valence-corrected chi connectivity index (χ4v) is 3.23. The Morgan fingerprint density at radius 2 is 2.08 bits per heavy atom. The van der Waals surface area contributed by atoms with Crippen LogP contribution in [0.4, 0.5) is 0 Å². The van der Waals surface area contributed by atoms with Gasteiger partial charge in [-0.1, -0.05) is 6.07 Å². The molecule has 25 heavy (non-hydrogen) atoms.